The predicted molar refractivity (Wildman–Crippen MR) is 288 cm³/mol. The molecule has 0 aromatic heterocycles. The average Bonchev–Trinajstić information content (AvgIpc) is 3.87. The van der Waals surface area contributed by atoms with Crippen LogP contribution in [0.15, 0.2) is 54.6 Å². The van der Waals surface area contributed by atoms with Crippen LogP contribution in [0.5, 0.6) is 0 Å². The van der Waals surface area contributed by atoms with Crippen molar-refractivity contribution in [3.63, 3.8) is 0 Å². The van der Waals surface area contributed by atoms with Crippen molar-refractivity contribution < 1.29 is 57.7 Å². The Morgan fingerprint density at radius 3 is 2.01 bits per heavy atom. The van der Waals surface area contributed by atoms with Crippen LogP contribution >= 0.6 is 0 Å². The number of urea groups is 1. The van der Waals surface area contributed by atoms with Crippen molar-refractivity contribution >= 4 is 53.3 Å². The van der Waals surface area contributed by atoms with Gasteiger partial charge >= 0.3 is 12.1 Å². The van der Waals surface area contributed by atoms with Gasteiger partial charge in [0.15, 0.2) is 0 Å². The largest absolute Gasteiger partial charge is 0.445 e. The van der Waals surface area contributed by atoms with Gasteiger partial charge in [0.2, 0.25) is 35.4 Å². The Kier molecular flexibility index (Phi) is 26.1. The lowest BCUT2D eigenvalue weighted by molar-refractivity contribution is -0.148. The zero-order chi connectivity index (χ0) is 57.0. The van der Waals surface area contributed by atoms with E-state index in [1.54, 1.807) is 80.9 Å². The van der Waals surface area contributed by atoms with Gasteiger partial charge in [0.05, 0.1) is 48.8 Å². The number of amides is 9. The number of likely N-dealkylation sites (tertiary alicyclic amines) is 1. The normalized spacial score (nSPS) is 17.4. The first-order chi connectivity index (χ1) is 35.9. The Hall–Kier alpha value is -6.32. The molecule has 1 aliphatic heterocycles. The topological polar surface area (TPSA) is 280 Å². The van der Waals surface area contributed by atoms with Gasteiger partial charge in [-0.05, 0) is 73.6 Å². The Balaban J connectivity index is 1.70. The third-order valence-corrected chi connectivity index (χ3v) is 14.3. The van der Waals surface area contributed by atoms with E-state index in [9.17, 15) is 43.5 Å². The zero-order valence-corrected chi connectivity index (χ0v) is 46.9. The van der Waals surface area contributed by atoms with Gasteiger partial charge in [0.25, 0.3) is 0 Å². The van der Waals surface area contributed by atoms with E-state index in [1.165, 1.54) is 33.1 Å². The van der Waals surface area contributed by atoms with Crippen LogP contribution in [0.2, 0.25) is 0 Å². The molecule has 76 heavy (non-hydrogen) atoms. The van der Waals surface area contributed by atoms with E-state index in [-0.39, 0.29) is 49.6 Å². The van der Waals surface area contributed by atoms with Crippen molar-refractivity contribution in [2.24, 2.45) is 29.4 Å². The van der Waals surface area contributed by atoms with E-state index >= 15 is 0 Å². The maximum atomic E-state index is 14.7. The number of carbonyl (C=O) groups is 8. The van der Waals surface area contributed by atoms with Crippen molar-refractivity contribution in [1.82, 2.24) is 36.0 Å². The van der Waals surface area contributed by atoms with Crippen molar-refractivity contribution in [1.29, 1.82) is 0 Å². The molecule has 9 amide bonds. The predicted octanol–water partition coefficient (Wildman–Crippen LogP) is 4.47. The fraction of sp³-hybridized carbons (Fsp3) is 0.636. The quantitative estimate of drug-likeness (QED) is 0.0556. The summed E-state index contributed by atoms with van der Waals surface area (Å²) in [5.74, 6) is -3.96. The van der Waals surface area contributed by atoms with Gasteiger partial charge in [0, 0.05) is 54.0 Å². The first-order valence-corrected chi connectivity index (χ1v) is 26.4. The first kappa shape index (κ1) is 64.0. The standard InChI is InChI=1S/C55H87N9O12/c1-14-34(6)47(43(74-12)30-44(66)64-29-19-23-42(64)49(75-13)35(7)50(68)58-36(8)48(67)39-20-16-15-17-21-39)62(10)53(71)45(32(2)3)61-52(70)46(33(4)5)63(11)55(73)76-31-38-24-26-40(27-25-38)60-51(69)41(59-37(9)65)22-18-28-57-54(56)72/h15-17,20-21,24-27,32-36,41-43,45-49,67H,14,18-19,22-23,28-31H2,1-13H3,(H,58,68)(H,59,65)(H,60,69)(H,61,70)(H3,56,57,72)/t34-,35+,36+,41-,42-,43+,45-,46?,47?,48+,49+/m0/s1. The lowest BCUT2D eigenvalue weighted by atomic mass is 9.89. The summed E-state index contributed by atoms with van der Waals surface area (Å²) in [7, 11) is 6.13. The minimum absolute atomic E-state index is 0.0703. The van der Waals surface area contributed by atoms with Crippen LogP contribution < -0.4 is 32.3 Å². The number of methoxy groups -OCH3 is 2. The van der Waals surface area contributed by atoms with E-state index < -0.39 is 102 Å². The molecule has 1 aliphatic rings. The van der Waals surface area contributed by atoms with Gasteiger partial charge in [-0.1, -0.05) is 97.4 Å². The number of nitrogens with two attached hydrogens (primary N) is 1. The fourth-order valence-corrected chi connectivity index (χ4v) is 9.88. The molecule has 0 radical (unpaired) electrons. The van der Waals surface area contributed by atoms with Gasteiger partial charge in [-0.2, -0.15) is 0 Å². The molecule has 2 aromatic rings. The molecule has 0 spiro atoms. The van der Waals surface area contributed by atoms with Gasteiger partial charge < -0.3 is 61.4 Å². The number of rotatable bonds is 29. The number of nitrogens with zero attached hydrogens (tertiary/aromatic N) is 3. The molecule has 8 N–H and O–H groups in total. The Bertz CT molecular complexity index is 2220. The van der Waals surface area contributed by atoms with E-state index in [4.69, 9.17) is 19.9 Å². The van der Waals surface area contributed by atoms with Crippen LogP contribution in [0.25, 0.3) is 0 Å². The maximum absolute atomic E-state index is 14.7. The Labute approximate surface area is 449 Å². The summed E-state index contributed by atoms with van der Waals surface area (Å²) in [4.78, 5) is 111. The molecular weight excluding hydrogens is 979 g/mol. The number of anilines is 1. The minimum atomic E-state index is -1.04. The molecule has 0 aliphatic carbocycles. The van der Waals surface area contributed by atoms with E-state index in [2.05, 4.69) is 26.6 Å². The maximum Gasteiger partial charge on any atom is 0.410 e. The van der Waals surface area contributed by atoms with Crippen LogP contribution in [0, 0.1) is 23.7 Å². The molecule has 0 bridgehead atoms. The summed E-state index contributed by atoms with van der Waals surface area (Å²) in [6.07, 6.45) is -0.595. The van der Waals surface area contributed by atoms with Crippen LogP contribution in [-0.4, -0.2) is 157 Å². The third-order valence-electron chi connectivity index (χ3n) is 14.3. The van der Waals surface area contributed by atoms with Crippen molar-refractivity contribution in [3.05, 3.63) is 65.7 Å². The minimum Gasteiger partial charge on any atom is -0.445 e. The highest BCUT2D eigenvalue weighted by molar-refractivity contribution is 5.97. The number of aliphatic hydroxyl groups excluding tert-OH is 1. The number of primary amides is 1. The summed E-state index contributed by atoms with van der Waals surface area (Å²) in [5, 5.41) is 24.6. The van der Waals surface area contributed by atoms with E-state index in [0.717, 1.165) is 0 Å². The van der Waals surface area contributed by atoms with Crippen LogP contribution in [0.1, 0.15) is 118 Å². The van der Waals surface area contributed by atoms with E-state index in [1.807, 2.05) is 45.9 Å². The van der Waals surface area contributed by atoms with Crippen molar-refractivity contribution in [2.75, 3.05) is 46.7 Å². The summed E-state index contributed by atoms with van der Waals surface area (Å²) in [6, 6.07) is 10.4. The Morgan fingerprint density at radius 2 is 1.46 bits per heavy atom. The molecule has 21 nitrogen and oxygen atoms in total. The lowest BCUT2D eigenvalue weighted by Crippen LogP contribution is -2.60. The molecule has 2 unspecified atom stereocenters. The molecule has 21 heteroatoms. The monoisotopic (exact) mass is 1070 g/mol. The number of ether oxygens (including phenoxy) is 3. The summed E-state index contributed by atoms with van der Waals surface area (Å²) < 4.78 is 17.6. The number of nitrogens with one attached hydrogen (secondary N) is 5. The number of carbonyl (C=O) groups excluding carboxylic acids is 8. The summed E-state index contributed by atoms with van der Waals surface area (Å²) in [5.41, 5.74) is 6.79. The number of benzene rings is 2. The zero-order valence-electron chi connectivity index (χ0n) is 46.9. The SMILES string of the molecule is CC[C@H](C)C([C@@H](CC(=O)N1CCC[C@H]1[C@H](OC)[C@@H](C)C(=O)N[C@H](C)[C@@H](O)c1ccccc1)OC)N(C)C(=O)[C@@H](NC(=O)C(C(C)C)N(C)C(=O)OCc1ccc(NC(=O)[C@H](CCCNC(N)=O)NC(C)=O)cc1)C(C)C. The number of likely N-dealkylation sites (N-methyl/N-ethyl adjacent to an activating group) is 2. The molecule has 3 rings (SSSR count). The Morgan fingerprint density at radius 1 is 0.816 bits per heavy atom. The molecule has 1 saturated heterocycles. The second-order valence-corrected chi connectivity index (χ2v) is 20.7. The molecule has 0 saturated carbocycles. The molecule has 1 fully saturated rings. The highest BCUT2D eigenvalue weighted by Crippen LogP contribution is 2.30. The lowest BCUT2D eigenvalue weighted by Gasteiger charge is -2.41. The molecule has 424 valence electrons. The average molecular weight is 1070 g/mol. The van der Waals surface area contributed by atoms with Crippen LogP contribution in [0.3, 0.4) is 0 Å². The second-order valence-electron chi connectivity index (χ2n) is 20.7. The molecular formula is C55H87N9O12. The van der Waals surface area contributed by atoms with Gasteiger partial charge in [-0.25, -0.2) is 9.59 Å². The number of hydrogen-bond donors (Lipinski definition) is 7. The van der Waals surface area contributed by atoms with Crippen LogP contribution in [0.4, 0.5) is 15.3 Å². The second kappa shape index (κ2) is 31.0. The molecule has 1 heterocycles. The van der Waals surface area contributed by atoms with Gasteiger partial charge in [-0.15, -0.1) is 0 Å². The van der Waals surface area contributed by atoms with Gasteiger partial charge in [-0.3, -0.25) is 33.7 Å². The van der Waals surface area contributed by atoms with Crippen molar-refractivity contribution in [2.45, 2.75) is 162 Å². The number of aliphatic hydroxyl groups is 1. The summed E-state index contributed by atoms with van der Waals surface area (Å²) in [6.45, 7) is 16.4. The molecule has 11 atom stereocenters. The highest BCUT2D eigenvalue weighted by Gasteiger charge is 2.44. The third kappa shape index (κ3) is 18.5. The highest BCUT2D eigenvalue weighted by atomic mass is 16.6. The molecule has 2 aromatic carbocycles. The smallest absolute Gasteiger partial charge is 0.410 e. The van der Waals surface area contributed by atoms with Crippen molar-refractivity contribution in [3.8, 4) is 0 Å². The van der Waals surface area contributed by atoms with Crippen LogP contribution in [-0.2, 0) is 49.6 Å². The van der Waals surface area contributed by atoms with Gasteiger partial charge in [0.1, 0.15) is 24.7 Å². The fourth-order valence-electron chi connectivity index (χ4n) is 9.88. The van der Waals surface area contributed by atoms with E-state index in [0.29, 0.717) is 49.0 Å². The number of hydrogen-bond acceptors (Lipinski definition) is 12. The summed E-state index contributed by atoms with van der Waals surface area (Å²) >= 11 is 0. The first-order valence-electron chi connectivity index (χ1n) is 26.4.